The van der Waals surface area contributed by atoms with Crippen LogP contribution in [0.4, 0.5) is 0 Å². The minimum absolute atomic E-state index is 0.0927. The largest absolute Gasteiger partial charge is 0.481 e. The van der Waals surface area contributed by atoms with Gasteiger partial charge in [0, 0.05) is 6.04 Å². The molecule has 2 N–H and O–H groups in total. The molecule has 0 spiro atoms. The first-order valence-electron chi connectivity index (χ1n) is 7.70. The van der Waals surface area contributed by atoms with Crippen LogP contribution in [-0.4, -0.2) is 23.7 Å². The first-order chi connectivity index (χ1) is 8.74. The van der Waals surface area contributed by atoms with Crippen molar-refractivity contribution >= 4 is 5.97 Å². The van der Waals surface area contributed by atoms with E-state index in [1.807, 2.05) is 0 Å². The molecule has 0 amide bonds. The summed E-state index contributed by atoms with van der Waals surface area (Å²) in [6.07, 6.45) is 9.90. The molecule has 0 saturated heterocycles. The predicted molar refractivity (Wildman–Crippen MR) is 70.3 cm³/mol. The first kappa shape index (κ1) is 12.5. The van der Waals surface area contributed by atoms with E-state index in [0.717, 1.165) is 37.6 Å². The van der Waals surface area contributed by atoms with Crippen molar-refractivity contribution in [2.45, 2.75) is 57.4 Å². The fourth-order valence-corrected chi connectivity index (χ4v) is 4.57. The van der Waals surface area contributed by atoms with Crippen molar-refractivity contribution in [3.63, 3.8) is 0 Å². The van der Waals surface area contributed by atoms with Crippen LogP contribution in [-0.2, 0) is 4.79 Å². The summed E-state index contributed by atoms with van der Waals surface area (Å²) >= 11 is 0. The van der Waals surface area contributed by atoms with Crippen LogP contribution in [0.15, 0.2) is 0 Å². The highest BCUT2D eigenvalue weighted by molar-refractivity contribution is 5.70. The van der Waals surface area contributed by atoms with Gasteiger partial charge in [0.05, 0.1) is 5.92 Å². The van der Waals surface area contributed by atoms with Crippen LogP contribution >= 0.6 is 0 Å². The lowest BCUT2D eigenvalue weighted by Crippen LogP contribution is -2.41. The monoisotopic (exact) mass is 251 g/mol. The molecule has 18 heavy (non-hydrogen) atoms. The molecule has 0 radical (unpaired) electrons. The van der Waals surface area contributed by atoms with Crippen molar-refractivity contribution in [3.8, 4) is 0 Å². The summed E-state index contributed by atoms with van der Waals surface area (Å²) in [5.74, 6) is 1.56. The number of carboxylic acids is 1. The van der Waals surface area contributed by atoms with Crippen molar-refractivity contribution in [1.29, 1.82) is 0 Å². The smallest absolute Gasteiger partial charge is 0.306 e. The van der Waals surface area contributed by atoms with Gasteiger partial charge in [-0.05, 0) is 56.4 Å². The van der Waals surface area contributed by atoms with Gasteiger partial charge in [-0.15, -0.1) is 0 Å². The molecule has 3 rings (SSSR count). The van der Waals surface area contributed by atoms with E-state index in [-0.39, 0.29) is 5.92 Å². The normalized spacial score (nSPS) is 43.2. The van der Waals surface area contributed by atoms with Crippen molar-refractivity contribution < 1.29 is 9.90 Å². The molecule has 3 aliphatic carbocycles. The first-order valence-corrected chi connectivity index (χ1v) is 7.70. The summed E-state index contributed by atoms with van der Waals surface area (Å²) in [6.45, 7) is 0.935. The molecule has 5 unspecified atom stereocenters. The van der Waals surface area contributed by atoms with E-state index in [1.165, 1.54) is 32.1 Å². The zero-order valence-electron chi connectivity index (χ0n) is 11.1. The molecule has 3 aliphatic rings. The number of fused-ring (bicyclic) bond motifs is 2. The molecule has 3 saturated carbocycles. The lowest BCUT2D eigenvalue weighted by atomic mass is 9.79. The zero-order chi connectivity index (χ0) is 12.5. The highest BCUT2D eigenvalue weighted by Crippen LogP contribution is 2.44. The molecule has 0 heterocycles. The average molecular weight is 251 g/mol. The standard InChI is InChI=1S/C15H25NO2/c17-15(18)13-4-2-1-3-12(13)9-16-14-8-10-5-6-11(14)7-10/h10-14,16H,1-9H2,(H,17,18). The van der Waals surface area contributed by atoms with Crippen LogP contribution in [0.25, 0.3) is 0 Å². The van der Waals surface area contributed by atoms with E-state index < -0.39 is 5.97 Å². The maximum atomic E-state index is 11.3. The average Bonchev–Trinajstić information content (AvgIpc) is 2.98. The highest BCUT2D eigenvalue weighted by atomic mass is 16.4. The Morgan fingerprint density at radius 2 is 1.94 bits per heavy atom. The summed E-state index contributed by atoms with van der Waals surface area (Å²) in [7, 11) is 0. The maximum absolute atomic E-state index is 11.3. The lowest BCUT2D eigenvalue weighted by Gasteiger charge is -2.31. The van der Waals surface area contributed by atoms with Gasteiger partial charge in [0.2, 0.25) is 0 Å². The summed E-state index contributed by atoms with van der Waals surface area (Å²) in [5, 5.41) is 13.0. The quantitative estimate of drug-likeness (QED) is 0.807. The number of carbonyl (C=O) groups is 1. The van der Waals surface area contributed by atoms with Gasteiger partial charge in [0.25, 0.3) is 0 Å². The van der Waals surface area contributed by atoms with Gasteiger partial charge in [-0.2, -0.15) is 0 Å². The van der Waals surface area contributed by atoms with Crippen molar-refractivity contribution in [1.82, 2.24) is 5.32 Å². The van der Waals surface area contributed by atoms with Crippen LogP contribution < -0.4 is 5.32 Å². The third-order valence-corrected chi connectivity index (χ3v) is 5.61. The fourth-order valence-electron chi connectivity index (χ4n) is 4.57. The predicted octanol–water partition coefficient (Wildman–Crippen LogP) is 2.66. The minimum Gasteiger partial charge on any atom is -0.481 e. The molecule has 102 valence electrons. The second-order valence-corrected chi connectivity index (χ2v) is 6.68. The molecule has 0 aliphatic heterocycles. The van der Waals surface area contributed by atoms with Crippen molar-refractivity contribution in [2.75, 3.05) is 6.54 Å². The van der Waals surface area contributed by atoms with E-state index in [1.54, 1.807) is 0 Å². The minimum atomic E-state index is -0.575. The summed E-state index contributed by atoms with van der Waals surface area (Å²) in [5.41, 5.74) is 0. The topological polar surface area (TPSA) is 49.3 Å². The molecule has 3 heteroatoms. The second kappa shape index (κ2) is 5.20. The van der Waals surface area contributed by atoms with Gasteiger partial charge >= 0.3 is 5.97 Å². The van der Waals surface area contributed by atoms with Crippen LogP contribution in [0.2, 0.25) is 0 Å². The number of hydrogen-bond acceptors (Lipinski definition) is 2. The van der Waals surface area contributed by atoms with Crippen LogP contribution in [0.5, 0.6) is 0 Å². The Balaban J connectivity index is 1.51. The molecule has 5 atom stereocenters. The Morgan fingerprint density at radius 1 is 1.11 bits per heavy atom. The third-order valence-electron chi connectivity index (χ3n) is 5.61. The molecular weight excluding hydrogens is 226 g/mol. The second-order valence-electron chi connectivity index (χ2n) is 6.68. The number of aliphatic carboxylic acids is 1. The third kappa shape index (κ3) is 2.42. The molecule has 0 aromatic heterocycles. The molecule has 0 aromatic carbocycles. The zero-order valence-corrected chi connectivity index (χ0v) is 11.1. The molecular formula is C15H25NO2. The number of rotatable bonds is 4. The molecule has 0 aromatic rings. The maximum Gasteiger partial charge on any atom is 0.306 e. The molecule has 3 nitrogen and oxygen atoms in total. The summed E-state index contributed by atoms with van der Waals surface area (Å²) in [6, 6.07) is 0.695. The number of carboxylic acid groups (broad SMARTS) is 1. The van der Waals surface area contributed by atoms with Gasteiger partial charge in [-0.1, -0.05) is 19.3 Å². The van der Waals surface area contributed by atoms with E-state index in [2.05, 4.69) is 5.32 Å². The SMILES string of the molecule is O=C(O)C1CCCCC1CNC1CC2CCC1C2. The van der Waals surface area contributed by atoms with E-state index >= 15 is 0 Å². The highest BCUT2D eigenvalue weighted by Gasteiger charge is 2.40. The molecule has 2 bridgehead atoms. The number of hydrogen-bond donors (Lipinski definition) is 2. The Morgan fingerprint density at radius 3 is 2.61 bits per heavy atom. The molecule has 3 fully saturated rings. The van der Waals surface area contributed by atoms with Gasteiger partial charge in [-0.3, -0.25) is 4.79 Å². The Bertz CT molecular complexity index is 318. The Hall–Kier alpha value is -0.570. The van der Waals surface area contributed by atoms with Gasteiger partial charge in [0.15, 0.2) is 0 Å². The van der Waals surface area contributed by atoms with Gasteiger partial charge in [-0.25, -0.2) is 0 Å². The van der Waals surface area contributed by atoms with E-state index in [9.17, 15) is 9.90 Å². The number of nitrogens with one attached hydrogen (secondary N) is 1. The Kier molecular flexibility index (Phi) is 3.60. The van der Waals surface area contributed by atoms with E-state index in [4.69, 9.17) is 0 Å². The van der Waals surface area contributed by atoms with E-state index in [0.29, 0.717) is 12.0 Å². The summed E-state index contributed by atoms with van der Waals surface area (Å²) < 4.78 is 0. The summed E-state index contributed by atoms with van der Waals surface area (Å²) in [4.78, 5) is 11.3. The van der Waals surface area contributed by atoms with Crippen LogP contribution in [0.3, 0.4) is 0 Å². The van der Waals surface area contributed by atoms with Crippen molar-refractivity contribution in [3.05, 3.63) is 0 Å². The van der Waals surface area contributed by atoms with Crippen molar-refractivity contribution in [2.24, 2.45) is 23.7 Å². The lowest BCUT2D eigenvalue weighted by molar-refractivity contribution is -0.144. The Labute approximate surface area is 109 Å². The fraction of sp³-hybridized carbons (Fsp3) is 0.933. The van der Waals surface area contributed by atoms with Gasteiger partial charge in [0.1, 0.15) is 0 Å². The van der Waals surface area contributed by atoms with Crippen LogP contribution in [0, 0.1) is 23.7 Å². The van der Waals surface area contributed by atoms with Crippen LogP contribution in [0.1, 0.15) is 51.4 Å². The van der Waals surface area contributed by atoms with Gasteiger partial charge < -0.3 is 10.4 Å².